The Morgan fingerprint density at radius 2 is 1.81 bits per heavy atom. The maximum absolute atomic E-state index is 12.3. The lowest BCUT2D eigenvalue weighted by atomic mass is 10.2. The third-order valence-corrected chi connectivity index (χ3v) is 2.29. The van der Waals surface area contributed by atoms with Crippen LogP contribution in [0.25, 0.3) is 0 Å². The number of methoxy groups -OCH3 is 3. The van der Waals surface area contributed by atoms with Crippen LogP contribution in [0.4, 0.5) is 18.9 Å². The van der Waals surface area contributed by atoms with Crippen molar-refractivity contribution in [2.45, 2.75) is 6.18 Å². The van der Waals surface area contributed by atoms with Crippen molar-refractivity contribution in [2.75, 3.05) is 26.6 Å². The number of esters is 1. The second-order valence-corrected chi connectivity index (χ2v) is 3.53. The number of nitrogens with one attached hydrogen (secondary N) is 1. The van der Waals surface area contributed by atoms with E-state index in [4.69, 9.17) is 9.47 Å². The summed E-state index contributed by atoms with van der Waals surface area (Å²) in [6, 6.07) is 0. The van der Waals surface area contributed by atoms with Gasteiger partial charge in [-0.3, -0.25) is 4.79 Å². The molecule has 0 saturated carbocycles. The summed E-state index contributed by atoms with van der Waals surface area (Å²) in [5.74, 6) is -3.75. The highest BCUT2D eigenvalue weighted by Gasteiger charge is 2.39. The third-order valence-electron chi connectivity index (χ3n) is 2.29. The number of anilines is 1. The van der Waals surface area contributed by atoms with Crippen LogP contribution in [-0.2, 0) is 9.53 Å². The molecule has 0 bridgehead atoms. The first-order valence-corrected chi connectivity index (χ1v) is 5.33. The molecule has 0 aliphatic heterocycles. The van der Waals surface area contributed by atoms with E-state index in [2.05, 4.69) is 9.72 Å². The van der Waals surface area contributed by atoms with Gasteiger partial charge in [0.15, 0.2) is 11.3 Å². The number of nitrogens with zero attached hydrogens (tertiary/aromatic N) is 1. The Morgan fingerprint density at radius 1 is 1.19 bits per heavy atom. The SMILES string of the molecule is COC(=O)c1c(OC)ncc(NC(=O)C(F)(F)F)c1OC. The van der Waals surface area contributed by atoms with Crippen molar-refractivity contribution < 1.29 is 37.0 Å². The number of hydrogen-bond acceptors (Lipinski definition) is 6. The van der Waals surface area contributed by atoms with Crippen LogP contribution in [0.15, 0.2) is 6.20 Å². The molecule has 10 heteroatoms. The highest BCUT2D eigenvalue weighted by molar-refractivity contribution is 6.01. The number of rotatable bonds is 4. The molecular weight excluding hydrogens is 297 g/mol. The van der Waals surface area contributed by atoms with Gasteiger partial charge in [0.1, 0.15) is 5.69 Å². The van der Waals surface area contributed by atoms with E-state index < -0.39 is 23.7 Å². The number of amides is 1. The normalized spacial score (nSPS) is 10.8. The van der Waals surface area contributed by atoms with Crippen LogP contribution in [0.3, 0.4) is 0 Å². The monoisotopic (exact) mass is 308 g/mol. The molecule has 0 fully saturated rings. The van der Waals surface area contributed by atoms with Gasteiger partial charge < -0.3 is 19.5 Å². The Kier molecular flexibility index (Phi) is 4.95. The Balaban J connectivity index is 3.35. The van der Waals surface area contributed by atoms with Crippen LogP contribution in [0.5, 0.6) is 11.6 Å². The number of carbonyl (C=O) groups is 2. The summed E-state index contributed by atoms with van der Waals surface area (Å²) in [4.78, 5) is 26.2. The minimum atomic E-state index is -5.10. The maximum Gasteiger partial charge on any atom is 0.471 e. The highest BCUT2D eigenvalue weighted by atomic mass is 19.4. The first-order chi connectivity index (χ1) is 9.76. The Bertz CT molecular complexity index is 560. The molecule has 1 amide bonds. The summed E-state index contributed by atoms with van der Waals surface area (Å²) in [5.41, 5.74) is -0.788. The molecule has 7 nitrogen and oxygen atoms in total. The molecule has 0 atom stereocenters. The van der Waals surface area contributed by atoms with Crippen molar-refractivity contribution in [1.29, 1.82) is 0 Å². The number of halogens is 3. The number of carbonyl (C=O) groups excluding carboxylic acids is 2. The molecule has 0 aliphatic carbocycles. The topological polar surface area (TPSA) is 86.8 Å². The predicted molar refractivity (Wildman–Crippen MR) is 63.4 cm³/mol. The number of ether oxygens (including phenoxy) is 3. The lowest BCUT2D eigenvalue weighted by Crippen LogP contribution is -2.30. The maximum atomic E-state index is 12.3. The average Bonchev–Trinajstić information content (AvgIpc) is 2.44. The lowest BCUT2D eigenvalue weighted by Gasteiger charge is -2.15. The zero-order chi connectivity index (χ0) is 16.2. The lowest BCUT2D eigenvalue weighted by molar-refractivity contribution is -0.167. The number of hydrogen-bond donors (Lipinski definition) is 1. The van der Waals surface area contributed by atoms with Crippen molar-refractivity contribution in [3.8, 4) is 11.6 Å². The van der Waals surface area contributed by atoms with Gasteiger partial charge in [-0.2, -0.15) is 13.2 Å². The van der Waals surface area contributed by atoms with Crippen LogP contribution < -0.4 is 14.8 Å². The van der Waals surface area contributed by atoms with Gasteiger partial charge in [0, 0.05) is 0 Å². The summed E-state index contributed by atoms with van der Waals surface area (Å²) in [5, 5.41) is 1.56. The first-order valence-electron chi connectivity index (χ1n) is 5.33. The van der Waals surface area contributed by atoms with E-state index in [0.717, 1.165) is 20.4 Å². The fourth-order valence-electron chi connectivity index (χ4n) is 1.41. The first kappa shape index (κ1) is 16.5. The minimum Gasteiger partial charge on any atom is -0.493 e. The Morgan fingerprint density at radius 3 is 2.24 bits per heavy atom. The van der Waals surface area contributed by atoms with Gasteiger partial charge in [-0.05, 0) is 0 Å². The van der Waals surface area contributed by atoms with Gasteiger partial charge in [0.25, 0.3) is 0 Å². The predicted octanol–water partition coefficient (Wildman–Crippen LogP) is 1.39. The third kappa shape index (κ3) is 3.52. The molecule has 1 heterocycles. The minimum absolute atomic E-state index is 0.219. The molecular formula is C11H11F3N2O5. The van der Waals surface area contributed by atoms with Crippen molar-refractivity contribution in [2.24, 2.45) is 0 Å². The molecule has 0 aliphatic rings. The van der Waals surface area contributed by atoms with E-state index in [1.807, 2.05) is 0 Å². The van der Waals surface area contributed by atoms with Crippen LogP contribution in [0.2, 0.25) is 0 Å². The molecule has 0 spiro atoms. The Labute approximate surface area is 117 Å². The van der Waals surface area contributed by atoms with Gasteiger partial charge in [-0.25, -0.2) is 9.78 Å². The average molecular weight is 308 g/mol. The largest absolute Gasteiger partial charge is 0.493 e. The van der Waals surface area contributed by atoms with E-state index in [9.17, 15) is 22.8 Å². The van der Waals surface area contributed by atoms with E-state index in [0.29, 0.717) is 0 Å². The summed E-state index contributed by atoms with van der Waals surface area (Å²) in [6.07, 6.45) is -4.23. The van der Waals surface area contributed by atoms with Crippen molar-refractivity contribution in [3.63, 3.8) is 0 Å². The second-order valence-electron chi connectivity index (χ2n) is 3.53. The summed E-state index contributed by atoms with van der Waals surface area (Å²) in [6.45, 7) is 0. The Hall–Kier alpha value is -2.52. The number of alkyl halides is 3. The van der Waals surface area contributed by atoms with Crippen molar-refractivity contribution in [1.82, 2.24) is 4.98 Å². The molecule has 1 rings (SSSR count). The number of pyridine rings is 1. The molecule has 0 radical (unpaired) electrons. The van der Waals surface area contributed by atoms with E-state index in [-0.39, 0.29) is 17.2 Å². The van der Waals surface area contributed by atoms with Crippen LogP contribution in [0, 0.1) is 0 Å². The van der Waals surface area contributed by atoms with Gasteiger partial charge in [-0.15, -0.1) is 0 Å². The molecule has 0 unspecified atom stereocenters. The zero-order valence-corrected chi connectivity index (χ0v) is 11.2. The molecule has 21 heavy (non-hydrogen) atoms. The standard InChI is InChI=1S/C11H11F3N2O5/c1-19-7-5(16-10(18)11(12,13)14)4-15-8(20-2)6(7)9(17)21-3/h4H,1-3H3,(H,16,18). The van der Waals surface area contributed by atoms with Crippen molar-refractivity contribution >= 4 is 17.6 Å². The van der Waals surface area contributed by atoms with Gasteiger partial charge in [-0.1, -0.05) is 0 Å². The fraction of sp³-hybridized carbons (Fsp3) is 0.364. The van der Waals surface area contributed by atoms with Gasteiger partial charge in [0.05, 0.1) is 27.5 Å². The fourth-order valence-corrected chi connectivity index (χ4v) is 1.41. The molecule has 116 valence electrons. The van der Waals surface area contributed by atoms with E-state index >= 15 is 0 Å². The van der Waals surface area contributed by atoms with Crippen LogP contribution >= 0.6 is 0 Å². The van der Waals surface area contributed by atoms with Crippen LogP contribution in [0.1, 0.15) is 10.4 Å². The number of aromatic nitrogens is 1. The second kappa shape index (κ2) is 6.29. The molecule has 1 aromatic rings. The summed E-state index contributed by atoms with van der Waals surface area (Å²) < 4.78 is 50.9. The summed E-state index contributed by atoms with van der Waals surface area (Å²) in [7, 11) is 3.36. The van der Waals surface area contributed by atoms with Gasteiger partial charge in [0.2, 0.25) is 5.88 Å². The van der Waals surface area contributed by atoms with Crippen molar-refractivity contribution in [3.05, 3.63) is 11.8 Å². The van der Waals surface area contributed by atoms with Crippen LogP contribution in [-0.4, -0.2) is 44.4 Å². The molecule has 1 N–H and O–H groups in total. The molecule has 0 aromatic carbocycles. The highest BCUT2D eigenvalue weighted by Crippen LogP contribution is 2.35. The zero-order valence-electron chi connectivity index (χ0n) is 11.2. The van der Waals surface area contributed by atoms with Gasteiger partial charge >= 0.3 is 18.1 Å². The van der Waals surface area contributed by atoms with E-state index in [1.165, 1.54) is 7.11 Å². The molecule has 1 aromatic heterocycles. The molecule has 0 saturated heterocycles. The summed E-state index contributed by atoms with van der Waals surface area (Å²) >= 11 is 0. The quantitative estimate of drug-likeness (QED) is 0.846. The smallest absolute Gasteiger partial charge is 0.471 e. The van der Waals surface area contributed by atoms with E-state index in [1.54, 1.807) is 5.32 Å².